The van der Waals surface area contributed by atoms with E-state index in [0.29, 0.717) is 0 Å². The van der Waals surface area contributed by atoms with Crippen molar-refractivity contribution in [2.45, 2.75) is 20.3 Å². The topological polar surface area (TPSA) is 67.4 Å². The number of carbonyl (C=O) groups is 2. The van der Waals surface area contributed by atoms with Gasteiger partial charge in [-0.3, -0.25) is 20.4 Å². The predicted octanol–water partition coefficient (Wildman–Crippen LogP) is 0.931. The summed E-state index contributed by atoms with van der Waals surface area (Å²) in [6.45, 7) is 3.56. The highest BCUT2D eigenvalue weighted by Crippen LogP contribution is 2.12. The van der Waals surface area contributed by atoms with Gasteiger partial charge >= 0.3 is 0 Å². The number of hydrogen-bond donors (Lipinski definition) is 2. The maximum absolute atomic E-state index is 11.2. The molecule has 1 aromatic rings. The minimum absolute atomic E-state index is 0.189. The molecule has 0 spiro atoms. The van der Waals surface area contributed by atoms with Crippen LogP contribution in [-0.4, -0.2) is 18.4 Å². The van der Waals surface area contributed by atoms with E-state index in [2.05, 4.69) is 10.9 Å². The van der Waals surface area contributed by atoms with Crippen molar-refractivity contribution in [3.05, 3.63) is 29.8 Å². The van der Waals surface area contributed by atoms with Gasteiger partial charge in [-0.05, 0) is 24.6 Å². The molecular weight excluding hydrogens is 220 g/mol. The zero-order valence-electron chi connectivity index (χ0n) is 9.95. The van der Waals surface area contributed by atoms with Crippen LogP contribution in [0.1, 0.15) is 18.9 Å². The van der Waals surface area contributed by atoms with Gasteiger partial charge in [0.05, 0.1) is 13.0 Å². The molecule has 5 heteroatoms. The summed E-state index contributed by atoms with van der Waals surface area (Å²) in [5.74, 6) is 0.142. The fraction of sp³-hybridized carbons (Fsp3) is 0.333. The SMILES string of the molecule is CC(=O)NNC(=O)CCOc1cccc(C)c1. The molecule has 0 saturated heterocycles. The Labute approximate surface area is 100 Å². The maximum Gasteiger partial charge on any atom is 0.241 e. The first kappa shape index (κ1) is 13.0. The first-order valence-electron chi connectivity index (χ1n) is 5.33. The Morgan fingerprint density at radius 2 is 2.06 bits per heavy atom. The van der Waals surface area contributed by atoms with Crippen molar-refractivity contribution in [1.82, 2.24) is 10.9 Å². The zero-order chi connectivity index (χ0) is 12.7. The number of hydrogen-bond acceptors (Lipinski definition) is 3. The van der Waals surface area contributed by atoms with Crippen LogP contribution in [0.5, 0.6) is 5.75 Å². The van der Waals surface area contributed by atoms with Crippen molar-refractivity contribution in [1.29, 1.82) is 0 Å². The summed E-state index contributed by atoms with van der Waals surface area (Å²) < 4.78 is 5.39. The van der Waals surface area contributed by atoms with Crippen LogP contribution >= 0.6 is 0 Å². The molecule has 2 N–H and O–H groups in total. The van der Waals surface area contributed by atoms with Gasteiger partial charge in [-0.2, -0.15) is 0 Å². The maximum atomic E-state index is 11.2. The summed E-state index contributed by atoms with van der Waals surface area (Å²) in [6.07, 6.45) is 0.189. The molecule has 0 aliphatic heterocycles. The Balaban J connectivity index is 2.23. The predicted molar refractivity (Wildman–Crippen MR) is 63.3 cm³/mol. The lowest BCUT2D eigenvalue weighted by molar-refractivity contribution is -0.128. The number of aryl methyl sites for hydroxylation is 1. The summed E-state index contributed by atoms with van der Waals surface area (Å²) in [7, 11) is 0. The first-order chi connectivity index (χ1) is 8.08. The van der Waals surface area contributed by atoms with Crippen molar-refractivity contribution in [2.24, 2.45) is 0 Å². The number of benzene rings is 1. The molecule has 17 heavy (non-hydrogen) atoms. The minimum Gasteiger partial charge on any atom is -0.493 e. The number of ether oxygens (including phenoxy) is 1. The van der Waals surface area contributed by atoms with E-state index in [-0.39, 0.29) is 24.8 Å². The molecule has 92 valence electrons. The second-order valence-corrected chi connectivity index (χ2v) is 3.64. The van der Waals surface area contributed by atoms with Crippen molar-refractivity contribution in [3.63, 3.8) is 0 Å². The molecule has 0 unspecified atom stereocenters. The molecule has 0 atom stereocenters. The molecule has 0 aromatic heterocycles. The van der Waals surface area contributed by atoms with E-state index in [1.54, 1.807) is 0 Å². The quantitative estimate of drug-likeness (QED) is 0.764. The van der Waals surface area contributed by atoms with E-state index in [9.17, 15) is 9.59 Å². The molecule has 0 aliphatic rings. The van der Waals surface area contributed by atoms with Crippen LogP contribution in [0.2, 0.25) is 0 Å². The molecule has 0 saturated carbocycles. The summed E-state index contributed by atoms with van der Waals surface area (Å²) in [5.41, 5.74) is 5.57. The average Bonchev–Trinajstić information content (AvgIpc) is 2.26. The summed E-state index contributed by atoms with van der Waals surface area (Å²) in [5, 5.41) is 0. The second kappa shape index (κ2) is 6.52. The van der Waals surface area contributed by atoms with Crippen LogP contribution in [0, 0.1) is 6.92 Å². The largest absolute Gasteiger partial charge is 0.493 e. The van der Waals surface area contributed by atoms with Gasteiger partial charge in [-0.25, -0.2) is 0 Å². The van der Waals surface area contributed by atoms with Gasteiger partial charge in [0.2, 0.25) is 11.8 Å². The lowest BCUT2D eigenvalue weighted by Crippen LogP contribution is -2.40. The van der Waals surface area contributed by atoms with Crippen molar-refractivity contribution in [2.75, 3.05) is 6.61 Å². The summed E-state index contributed by atoms with van der Waals surface area (Å²) in [6, 6.07) is 7.59. The molecule has 0 bridgehead atoms. The third-order valence-corrected chi connectivity index (χ3v) is 1.97. The highest BCUT2D eigenvalue weighted by molar-refractivity contribution is 5.80. The summed E-state index contributed by atoms with van der Waals surface area (Å²) >= 11 is 0. The van der Waals surface area contributed by atoms with E-state index in [1.807, 2.05) is 31.2 Å². The fourth-order valence-corrected chi connectivity index (χ4v) is 1.19. The Hall–Kier alpha value is -2.04. The van der Waals surface area contributed by atoms with Gasteiger partial charge in [0.1, 0.15) is 5.75 Å². The highest BCUT2D eigenvalue weighted by Gasteiger charge is 2.02. The van der Waals surface area contributed by atoms with Crippen LogP contribution in [-0.2, 0) is 9.59 Å². The number of amides is 2. The number of carbonyl (C=O) groups excluding carboxylic acids is 2. The first-order valence-corrected chi connectivity index (χ1v) is 5.33. The lowest BCUT2D eigenvalue weighted by atomic mass is 10.2. The monoisotopic (exact) mass is 236 g/mol. The van der Waals surface area contributed by atoms with Crippen LogP contribution in [0.3, 0.4) is 0 Å². The van der Waals surface area contributed by atoms with Gasteiger partial charge in [-0.15, -0.1) is 0 Å². The van der Waals surface area contributed by atoms with Gasteiger partial charge in [0.15, 0.2) is 0 Å². The molecule has 1 rings (SSSR count). The zero-order valence-corrected chi connectivity index (χ0v) is 9.95. The molecule has 0 radical (unpaired) electrons. The van der Waals surface area contributed by atoms with Crippen molar-refractivity contribution in [3.8, 4) is 5.75 Å². The van der Waals surface area contributed by atoms with Crippen LogP contribution in [0.4, 0.5) is 0 Å². The van der Waals surface area contributed by atoms with Gasteiger partial charge in [0.25, 0.3) is 0 Å². The second-order valence-electron chi connectivity index (χ2n) is 3.64. The average molecular weight is 236 g/mol. The van der Waals surface area contributed by atoms with Gasteiger partial charge in [-0.1, -0.05) is 12.1 Å². The van der Waals surface area contributed by atoms with E-state index in [1.165, 1.54) is 6.92 Å². The van der Waals surface area contributed by atoms with E-state index in [4.69, 9.17) is 4.74 Å². The Kier molecular flexibility index (Phi) is 5.00. The molecule has 5 nitrogen and oxygen atoms in total. The third kappa shape index (κ3) is 5.55. The minimum atomic E-state index is -0.307. The standard InChI is InChI=1S/C12H16N2O3/c1-9-4-3-5-11(8-9)17-7-6-12(16)14-13-10(2)15/h3-5,8H,6-7H2,1-2H3,(H,13,15)(H,14,16). The molecular formula is C12H16N2O3. The molecule has 1 aromatic carbocycles. The number of rotatable bonds is 4. The molecule has 2 amide bonds. The van der Waals surface area contributed by atoms with E-state index >= 15 is 0 Å². The van der Waals surface area contributed by atoms with Crippen LogP contribution in [0.25, 0.3) is 0 Å². The molecule has 0 aliphatic carbocycles. The summed E-state index contributed by atoms with van der Waals surface area (Å²) in [4.78, 5) is 21.7. The van der Waals surface area contributed by atoms with E-state index in [0.717, 1.165) is 11.3 Å². The lowest BCUT2D eigenvalue weighted by Gasteiger charge is -2.07. The van der Waals surface area contributed by atoms with Gasteiger partial charge < -0.3 is 4.74 Å². The van der Waals surface area contributed by atoms with Crippen LogP contribution < -0.4 is 15.6 Å². The van der Waals surface area contributed by atoms with Crippen molar-refractivity contribution < 1.29 is 14.3 Å². The normalized spacial score (nSPS) is 9.53. The Morgan fingerprint density at radius 3 is 2.71 bits per heavy atom. The fourth-order valence-electron chi connectivity index (χ4n) is 1.19. The highest BCUT2D eigenvalue weighted by atomic mass is 16.5. The third-order valence-electron chi connectivity index (χ3n) is 1.97. The molecule has 0 fully saturated rings. The van der Waals surface area contributed by atoms with Crippen molar-refractivity contribution >= 4 is 11.8 Å². The number of hydrazine groups is 1. The van der Waals surface area contributed by atoms with Crippen LogP contribution in [0.15, 0.2) is 24.3 Å². The van der Waals surface area contributed by atoms with E-state index < -0.39 is 0 Å². The Morgan fingerprint density at radius 1 is 1.29 bits per heavy atom. The smallest absolute Gasteiger partial charge is 0.241 e. The number of nitrogens with one attached hydrogen (secondary N) is 2. The van der Waals surface area contributed by atoms with Gasteiger partial charge in [0, 0.05) is 6.92 Å². The molecule has 0 heterocycles. The Bertz CT molecular complexity index is 404.